The summed E-state index contributed by atoms with van der Waals surface area (Å²) in [6.45, 7) is 2.79. The zero-order valence-corrected chi connectivity index (χ0v) is 22.6. The van der Waals surface area contributed by atoms with E-state index in [0.29, 0.717) is 39.9 Å². The number of amides is 1. The van der Waals surface area contributed by atoms with Crippen molar-refractivity contribution in [2.24, 2.45) is 0 Å². The lowest BCUT2D eigenvalue weighted by molar-refractivity contribution is -0.132. The molecule has 1 aliphatic heterocycles. The fraction of sp³-hybridized carbons (Fsp3) is 0.267. The summed E-state index contributed by atoms with van der Waals surface area (Å²) in [6.07, 6.45) is 7.47. The van der Waals surface area contributed by atoms with Gasteiger partial charge in [-0.2, -0.15) is 0 Å². The molecule has 9 heteroatoms. The van der Waals surface area contributed by atoms with Gasteiger partial charge in [0.25, 0.3) is 5.78 Å². The van der Waals surface area contributed by atoms with Crippen molar-refractivity contribution in [3.8, 4) is 11.5 Å². The van der Waals surface area contributed by atoms with E-state index in [1.807, 2.05) is 36.4 Å². The van der Waals surface area contributed by atoms with E-state index >= 15 is 0 Å². The number of aliphatic hydroxyl groups excluding tert-OH is 1. The number of hydrogen-bond donors (Lipinski definition) is 1. The number of aromatic nitrogens is 2. The molecule has 1 atom stereocenters. The highest BCUT2D eigenvalue weighted by atomic mass is 32.1. The lowest BCUT2D eigenvalue weighted by Gasteiger charge is -2.23. The van der Waals surface area contributed by atoms with Gasteiger partial charge in [0.2, 0.25) is 0 Å². The molecule has 39 heavy (non-hydrogen) atoms. The van der Waals surface area contributed by atoms with Crippen LogP contribution in [0.15, 0.2) is 72.6 Å². The van der Waals surface area contributed by atoms with Crippen LogP contribution in [0.25, 0.3) is 16.0 Å². The molecule has 5 rings (SSSR count). The van der Waals surface area contributed by atoms with Gasteiger partial charge in [-0.05, 0) is 54.4 Å². The molecule has 1 fully saturated rings. The van der Waals surface area contributed by atoms with E-state index in [0.717, 1.165) is 24.0 Å². The fourth-order valence-electron chi connectivity index (χ4n) is 4.60. The summed E-state index contributed by atoms with van der Waals surface area (Å²) in [5, 5.41) is 11.6. The number of hydrogen-bond acceptors (Lipinski definition) is 8. The molecule has 2 aromatic carbocycles. The summed E-state index contributed by atoms with van der Waals surface area (Å²) >= 11 is 1.28. The monoisotopic (exact) mass is 543 g/mol. The van der Waals surface area contributed by atoms with Crippen LogP contribution in [-0.2, 0) is 9.59 Å². The largest absolute Gasteiger partial charge is 0.507 e. The number of Topliss-reactive ketones (excluding diaryl/α,β-unsaturated/α-hetero) is 1. The number of benzene rings is 2. The van der Waals surface area contributed by atoms with Crippen LogP contribution in [0.4, 0.5) is 5.13 Å². The number of aliphatic hydroxyl groups is 1. The Morgan fingerprint density at radius 3 is 2.46 bits per heavy atom. The first-order valence-corrected chi connectivity index (χ1v) is 13.7. The summed E-state index contributed by atoms with van der Waals surface area (Å²) in [7, 11) is 1.58. The number of anilines is 1. The van der Waals surface area contributed by atoms with E-state index in [9.17, 15) is 14.7 Å². The maximum Gasteiger partial charge on any atom is 0.301 e. The Morgan fingerprint density at radius 1 is 1.00 bits per heavy atom. The number of nitrogens with zero attached hydrogens (tertiary/aromatic N) is 3. The Hall–Kier alpha value is -4.24. The number of ketones is 1. The van der Waals surface area contributed by atoms with Crippen molar-refractivity contribution >= 4 is 44.1 Å². The third-order valence-corrected chi connectivity index (χ3v) is 7.67. The number of carbonyl (C=O) groups is 2. The Bertz CT molecular complexity index is 1510. The van der Waals surface area contributed by atoms with Crippen molar-refractivity contribution in [1.29, 1.82) is 0 Å². The van der Waals surface area contributed by atoms with Crippen LogP contribution < -0.4 is 14.4 Å². The van der Waals surface area contributed by atoms with Gasteiger partial charge in [0.15, 0.2) is 5.13 Å². The van der Waals surface area contributed by atoms with E-state index in [4.69, 9.17) is 9.47 Å². The minimum absolute atomic E-state index is 0.00345. The molecule has 1 amide bonds. The van der Waals surface area contributed by atoms with Crippen LogP contribution in [-0.4, -0.2) is 40.5 Å². The van der Waals surface area contributed by atoms with Crippen LogP contribution in [0.5, 0.6) is 11.5 Å². The molecule has 0 bridgehead atoms. The second-order valence-electron chi connectivity index (χ2n) is 9.21. The van der Waals surface area contributed by atoms with Gasteiger partial charge in [0.1, 0.15) is 17.3 Å². The number of pyridine rings is 1. The predicted molar refractivity (Wildman–Crippen MR) is 151 cm³/mol. The van der Waals surface area contributed by atoms with Gasteiger partial charge < -0.3 is 14.6 Å². The molecule has 3 heterocycles. The van der Waals surface area contributed by atoms with Crippen LogP contribution >= 0.6 is 11.3 Å². The first-order chi connectivity index (χ1) is 19.0. The number of carbonyl (C=O) groups excluding carboxylic acids is 2. The fourth-order valence-corrected chi connectivity index (χ4v) is 5.62. The number of methoxy groups -OCH3 is 1. The molecule has 1 unspecified atom stereocenters. The number of ether oxygens (including phenoxy) is 2. The average molecular weight is 544 g/mol. The van der Waals surface area contributed by atoms with Gasteiger partial charge in [-0.25, -0.2) is 4.98 Å². The van der Waals surface area contributed by atoms with Crippen molar-refractivity contribution in [2.45, 2.75) is 38.6 Å². The Kier molecular flexibility index (Phi) is 7.88. The Labute approximate surface area is 230 Å². The summed E-state index contributed by atoms with van der Waals surface area (Å²) in [5.74, 6) is -0.421. The summed E-state index contributed by atoms with van der Waals surface area (Å²) in [6, 6.07) is 15.0. The summed E-state index contributed by atoms with van der Waals surface area (Å²) < 4.78 is 12.0. The van der Waals surface area contributed by atoms with Gasteiger partial charge in [0, 0.05) is 18.0 Å². The molecule has 4 aromatic rings. The number of fused-ring (bicyclic) bond motifs is 1. The molecule has 200 valence electrons. The highest BCUT2D eigenvalue weighted by Crippen LogP contribution is 2.44. The third-order valence-electron chi connectivity index (χ3n) is 6.65. The van der Waals surface area contributed by atoms with E-state index in [1.165, 1.54) is 35.1 Å². The van der Waals surface area contributed by atoms with Crippen molar-refractivity contribution in [3.63, 3.8) is 0 Å². The van der Waals surface area contributed by atoms with Crippen LogP contribution in [0.2, 0.25) is 0 Å². The van der Waals surface area contributed by atoms with Gasteiger partial charge in [-0.15, -0.1) is 0 Å². The highest BCUT2D eigenvalue weighted by molar-refractivity contribution is 7.22. The quantitative estimate of drug-likeness (QED) is 0.109. The van der Waals surface area contributed by atoms with Crippen molar-refractivity contribution < 1.29 is 24.2 Å². The number of thiazole rings is 1. The predicted octanol–water partition coefficient (Wildman–Crippen LogP) is 6.29. The van der Waals surface area contributed by atoms with Gasteiger partial charge in [0.05, 0.1) is 35.5 Å². The van der Waals surface area contributed by atoms with Gasteiger partial charge in [-0.3, -0.25) is 19.5 Å². The third kappa shape index (κ3) is 5.35. The van der Waals surface area contributed by atoms with Crippen molar-refractivity contribution in [3.05, 3.63) is 83.7 Å². The van der Waals surface area contributed by atoms with E-state index in [1.54, 1.807) is 25.3 Å². The molecule has 1 N–H and O–H groups in total. The molecule has 2 aromatic heterocycles. The number of rotatable bonds is 10. The Morgan fingerprint density at radius 2 is 1.74 bits per heavy atom. The smallest absolute Gasteiger partial charge is 0.301 e. The minimum Gasteiger partial charge on any atom is -0.507 e. The average Bonchev–Trinajstić information content (AvgIpc) is 3.50. The van der Waals surface area contributed by atoms with Gasteiger partial charge >= 0.3 is 5.91 Å². The van der Waals surface area contributed by atoms with Crippen LogP contribution in [0.3, 0.4) is 0 Å². The number of unbranched alkanes of at least 4 members (excludes halogenated alkanes) is 3. The lowest BCUT2D eigenvalue weighted by Crippen LogP contribution is -2.29. The lowest BCUT2D eigenvalue weighted by atomic mass is 9.95. The Balaban J connectivity index is 1.55. The normalized spacial score (nSPS) is 16.7. The molecule has 0 aliphatic carbocycles. The SMILES string of the molecule is CCCCCCOc1ccc(C2C(=C(O)c3ccncc3)C(=O)C(=O)N2c2nc3ccc(OC)cc3s2)cc1. The first-order valence-electron chi connectivity index (χ1n) is 12.9. The maximum absolute atomic E-state index is 13.5. The van der Waals surface area contributed by atoms with Crippen molar-refractivity contribution in [1.82, 2.24) is 9.97 Å². The topological polar surface area (TPSA) is 102 Å². The molecule has 0 radical (unpaired) electrons. The zero-order chi connectivity index (χ0) is 27.4. The van der Waals surface area contributed by atoms with E-state index in [-0.39, 0.29) is 11.3 Å². The molecule has 1 aliphatic rings. The van der Waals surface area contributed by atoms with Crippen molar-refractivity contribution in [2.75, 3.05) is 18.6 Å². The van der Waals surface area contributed by atoms with Crippen LogP contribution in [0, 0.1) is 0 Å². The van der Waals surface area contributed by atoms with E-state index in [2.05, 4.69) is 16.9 Å². The molecule has 1 saturated heterocycles. The molecule has 8 nitrogen and oxygen atoms in total. The highest BCUT2D eigenvalue weighted by Gasteiger charge is 2.48. The standard InChI is InChI=1S/C30H29N3O5S/c1-3-4-5-6-17-38-21-9-7-19(8-10-21)26-25(27(34)20-13-15-31-16-14-20)28(35)29(36)33(26)30-32-23-12-11-22(37-2)18-24(23)39-30/h7-16,18,26,34H,3-6,17H2,1-2H3. The van der Waals surface area contributed by atoms with Gasteiger partial charge in [-0.1, -0.05) is 49.7 Å². The van der Waals surface area contributed by atoms with E-state index < -0.39 is 17.7 Å². The molecular weight excluding hydrogens is 514 g/mol. The minimum atomic E-state index is -0.876. The molecular formula is C30H29N3O5S. The first kappa shape index (κ1) is 26.4. The second-order valence-corrected chi connectivity index (χ2v) is 10.2. The summed E-state index contributed by atoms with van der Waals surface area (Å²) in [5.41, 5.74) is 1.72. The maximum atomic E-state index is 13.5. The molecule has 0 spiro atoms. The summed E-state index contributed by atoms with van der Waals surface area (Å²) in [4.78, 5) is 36.9. The zero-order valence-electron chi connectivity index (χ0n) is 21.8. The van der Waals surface area contributed by atoms with Crippen LogP contribution in [0.1, 0.15) is 49.8 Å². The second kappa shape index (κ2) is 11.7. The molecule has 0 saturated carbocycles.